The topological polar surface area (TPSA) is 51.0 Å². The van der Waals surface area contributed by atoms with Gasteiger partial charge in [0.05, 0.1) is 0 Å². The van der Waals surface area contributed by atoms with Crippen molar-refractivity contribution in [2.75, 3.05) is 6.54 Å². The van der Waals surface area contributed by atoms with E-state index in [1.54, 1.807) is 0 Å². The molecule has 1 N–H and O–H groups in total. The van der Waals surface area contributed by atoms with Crippen molar-refractivity contribution in [1.29, 1.82) is 0 Å². The summed E-state index contributed by atoms with van der Waals surface area (Å²) in [7, 11) is 0. The van der Waals surface area contributed by atoms with Gasteiger partial charge in [0.15, 0.2) is 5.82 Å². The van der Waals surface area contributed by atoms with Crippen molar-refractivity contribution < 1.29 is 4.52 Å². The van der Waals surface area contributed by atoms with Crippen LogP contribution in [0.25, 0.3) is 0 Å². The van der Waals surface area contributed by atoms with Gasteiger partial charge in [0, 0.05) is 18.9 Å². The number of aromatic nitrogens is 2. The van der Waals surface area contributed by atoms with Crippen LogP contribution in [0.2, 0.25) is 0 Å². The molecule has 0 amide bonds. The Morgan fingerprint density at radius 1 is 1.21 bits per heavy atom. The molecule has 1 unspecified atom stereocenters. The molecule has 1 heterocycles. The molecule has 19 heavy (non-hydrogen) atoms. The molecule has 0 bridgehead atoms. The third kappa shape index (κ3) is 4.17. The Labute approximate surface area is 114 Å². The lowest BCUT2D eigenvalue weighted by molar-refractivity contribution is 0.352. The van der Waals surface area contributed by atoms with Crippen LogP contribution in [0, 0.1) is 0 Å². The minimum atomic E-state index is 0.412. The lowest BCUT2D eigenvalue weighted by Crippen LogP contribution is -2.30. The normalized spacial score (nSPS) is 12.5. The summed E-state index contributed by atoms with van der Waals surface area (Å²) in [5, 5.41) is 7.46. The monoisotopic (exact) mass is 259 g/mol. The van der Waals surface area contributed by atoms with Gasteiger partial charge in [0.2, 0.25) is 5.89 Å². The zero-order valence-corrected chi connectivity index (χ0v) is 11.6. The number of hydrogen-bond acceptors (Lipinski definition) is 4. The van der Waals surface area contributed by atoms with Crippen LogP contribution in [-0.4, -0.2) is 22.7 Å². The molecule has 1 aromatic carbocycles. The summed E-state index contributed by atoms with van der Waals surface area (Å²) < 4.78 is 5.31. The lowest BCUT2D eigenvalue weighted by Gasteiger charge is -2.12. The predicted molar refractivity (Wildman–Crippen MR) is 75.0 cm³/mol. The number of benzene rings is 1. The van der Waals surface area contributed by atoms with E-state index in [4.69, 9.17) is 4.52 Å². The first-order valence-corrected chi connectivity index (χ1v) is 6.90. The predicted octanol–water partition coefficient (Wildman–Crippen LogP) is 2.59. The van der Waals surface area contributed by atoms with Gasteiger partial charge < -0.3 is 9.84 Å². The molecule has 0 spiro atoms. The fraction of sp³-hybridized carbons (Fsp3) is 0.467. The van der Waals surface area contributed by atoms with E-state index in [2.05, 4.69) is 41.4 Å². The quantitative estimate of drug-likeness (QED) is 0.830. The van der Waals surface area contributed by atoms with Crippen molar-refractivity contribution in [2.45, 2.75) is 39.2 Å². The summed E-state index contributed by atoms with van der Waals surface area (Å²) in [4.78, 5) is 4.46. The molecule has 0 fully saturated rings. The van der Waals surface area contributed by atoms with Gasteiger partial charge in [-0.2, -0.15) is 4.98 Å². The second-order valence-electron chi connectivity index (χ2n) is 4.63. The molecule has 4 nitrogen and oxygen atoms in total. The first-order valence-electron chi connectivity index (χ1n) is 6.90. The first kappa shape index (κ1) is 13.7. The summed E-state index contributed by atoms with van der Waals surface area (Å²) in [6.07, 6.45) is 2.58. The molecule has 1 atom stereocenters. The highest BCUT2D eigenvalue weighted by Gasteiger charge is 2.12. The molecule has 0 aliphatic heterocycles. The fourth-order valence-corrected chi connectivity index (χ4v) is 2.08. The SMILES string of the molecule is CCNC(CC)Cc1nc(Cc2ccccc2)no1. The van der Waals surface area contributed by atoms with Crippen molar-refractivity contribution in [2.24, 2.45) is 0 Å². The summed E-state index contributed by atoms with van der Waals surface area (Å²) in [6, 6.07) is 10.6. The van der Waals surface area contributed by atoms with Crippen LogP contribution in [0.4, 0.5) is 0 Å². The molecule has 0 aliphatic rings. The Kier molecular flexibility index (Phi) is 5.10. The maximum atomic E-state index is 5.31. The molecule has 2 rings (SSSR count). The minimum Gasteiger partial charge on any atom is -0.339 e. The van der Waals surface area contributed by atoms with Gasteiger partial charge >= 0.3 is 0 Å². The van der Waals surface area contributed by atoms with Gasteiger partial charge in [0.25, 0.3) is 0 Å². The number of nitrogens with zero attached hydrogens (tertiary/aromatic N) is 2. The summed E-state index contributed by atoms with van der Waals surface area (Å²) in [5.74, 6) is 1.48. The van der Waals surface area contributed by atoms with Crippen molar-refractivity contribution >= 4 is 0 Å². The van der Waals surface area contributed by atoms with Gasteiger partial charge in [-0.3, -0.25) is 0 Å². The van der Waals surface area contributed by atoms with E-state index >= 15 is 0 Å². The number of likely N-dealkylation sites (N-methyl/N-ethyl adjacent to an activating group) is 1. The molecule has 0 saturated heterocycles. The maximum absolute atomic E-state index is 5.31. The van der Waals surface area contributed by atoms with Crippen LogP contribution in [0.3, 0.4) is 0 Å². The second-order valence-corrected chi connectivity index (χ2v) is 4.63. The van der Waals surface area contributed by atoms with Crippen molar-refractivity contribution in [3.63, 3.8) is 0 Å². The van der Waals surface area contributed by atoms with E-state index in [1.165, 1.54) is 5.56 Å². The van der Waals surface area contributed by atoms with Gasteiger partial charge in [-0.05, 0) is 18.5 Å². The lowest BCUT2D eigenvalue weighted by atomic mass is 10.1. The van der Waals surface area contributed by atoms with Crippen LogP contribution in [-0.2, 0) is 12.8 Å². The van der Waals surface area contributed by atoms with Crippen molar-refractivity contribution in [1.82, 2.24) is 15.5 Å². The Bertz CT molecular complexity index is 481. The molecule has 0 saturated carbocycles. The number of rotatable bonds is 7. The molecular weight excluding hydrogens is 238 g/mol. The fourth-order valence-electron chi connectivity index (χ4n) is 2.08. The largest absolute Gasteiger partial charge is 0.339 e. The average molecular weight is 259 g/mol. The third-order valence-corrected chi connectivity index (χ3v) is 3.12. The highest BCUT2D eigenvalue weighted by atomic mass is 16.5. The number of nitrogens with one attached hydrogen (secondary N) is 1. The molecule has 0 aliphatic carbocycles. The van der Waals surface area contributed by atoms with Gasteiger partial charge in [-0.1, -0.05) is 49.3 Å². The van der Waals surface area contributed by atoms with Crippen LogP contribution < -0.4 is 5.32 Å². The molecular formula is C15H21N3O. The molecule has 4 heteroatoms. The van der Waals surface area contributed by atoms with E-state index in [9.17, 15) is 0 Å². The van der Waals surface area contributed by atoms with E-state index < -0.39 is 0 Å². The van der Waals surface area contributed by atoms with E-state index in [0.29, 0.717) is 6.04 Å². The molecule has 1 aromatic heterocycles. The summed E-state index contributed by atoms with van der Waals surface area (Å²) in [6.45, 7) is 5.23. The van der Waals surface area contributed by atoms with Crippen molar-refractivity contribution in [3.8, 4) is 0 Å². The van der Waals surface area contributed by atoms with Crippen LogP contribution in [0.5, 0.6) is 0 Å². The van der Waals surface area contributed by atoms with Gasteiger partial charge in [0.1, 0.15) is 0 Å². The van der Waals surface area contributed by atoms with Crippen LogP contribution >= 0.6 is 0 Å². The average Bonchev–Trinajstić information content (AvgIpc) is 2.86. The summed E-state index contributed by atoms with van der Waals surface area (Å²) >= 11 is 0. The Morgan fingerprint density at radius 2 is 2.00 bits per heavy atom. The first-order chi connectivity index (χ1) is 9.31. The van der Waals surface area contributed by atoms with E-state index in [-0.39, 0.29) is 0 Å². The Morgan fingerprint density at radius 3 is 2.68 bits per heavy atom. The molecule has 102 valence electrons. The minimum absolute atomic E-state index is 0.412. The van der Waals surface area contributed by atoms with E-state index in [1.807, 2.05) is 18.2 Å². The number of hydrogen-bond donors (Lipinski definition) is 1. The summed E-state index contributed by atoms with van der Waals surface area (Å²) in [5.41, 5.74) is 1.20. The Balaban J connectivity index is 1.95. The zero-order valence-electron chi connectivity index (χ0n) is 11.6. The highest BCUT2D eigenvalue weighted by molar-refractivity contribution is 5.18. The second kappa shape index (κ2) is 7.04. The third-order valence-electron chi connectivity index (χ3n) is 3.12. The standard InChI is InChI=1S/C15H21N3O/c1-3-13(16-4-2)11-15-17-14(18-19-15)10-12-8-6-5-7-9-12/h5-9,13,16H,3-4,10-11H2,1-2H3. The van der Waals surface area contributed by atoms with Crippen LogP contribution in [0.1, 0.15) is 37.5 Å². The molecule has 2 aromatic rings. The van der Waals surface area contributed by atoms with Crippen molar-refractivity contribution in [3.05, 3.63) is 47.6 Å². The van der Waals surface area contributed by atoms with Gasteiger partial charge in [-0.25, -0.2) is 0 Å². The highest BCUT2D eigenvalue weighted by Crippen LogP contribution is 2.08. The maximum Gasteiger partial charge on any atom is 0.228 e. The Hall–Kier alpha value is -1.68. The zero-order chi connectivity index (χ0) is 13.5. The molecule has 0 radical (unpaired) electrons. The van der Waals surface area contributed by atoms with Gasteiger partial charge in [-0.15, -0.1) is 0 Å². The van der Waals surface area contributed by atoms with Crippen LogP contribution in [0.15, 0.2) is 34.9 Å². The van der Waals surface area contributed by atoms with E-state index in [0.717, 1.165) is 37.5 Å². The smallest absolute Gasteiger partial charge is 0.228 e.